The third kappa shape index (κ3) is 3.00. The number of hydrogen-bond donors (Lipinski definition) is 1. The predicted molar refractivity (Wildman–Crippen MR) is 97.1 cm³/mol. The highest BCUT2D eigenvalue weighted by atomic mass is 32.1. The van der Waals surface area contributed by atoms with Crippen LogP contribution >= 0.6 is 34.0 Å². The van der Waals surface area contributed by atoms with Crippen molar-refractivity contribution < 1.29 is 9.59 Å². The number of thiazole rings is 1. The first-order valence-corrected chi connectivity index (χ1v) is 9.99. The van der Waals surface area contributed by atoms with Crippen LogP contribution in [0.25, 0.3) is 0 Å². The van der Waals surface area contributed by atoms with Crippen molar-refractivity contribution in [3.05, 3.63) is 55.4 Å². The molecule has 1 aliphatic rings. The molecule has 2 amide bonds. The molecule has 0 fully saturated rings. The summed E-state index contributed by atoms with van der Waals surface area (Å²) >= 11 is 4.39. The number of aromatic nitrogens is 1. The molecule has 0 bridgehead atoms. The van der Waals surface area contributed by atoms with Gasteiger partial charge < -0.3 is 4.90 Å². The molecule has 0 saturated carbocycles. The lowest BCUT2D eigenvalue weighted by Gasteiger charge is -2.25. The van der Waals surface area contributed by atoms with Gasteiger partial charge in [-0.15, -0.1) is 11.3 Å². The molecular weight excluding hydrogens is 362 g/mol. The molecule has 122 valence electrons. The first-order valence-electron chi connectivity index (χ1n) is 7.35. The van der Waals surface area contributed by atoms with Crippen LogP contribution in [0.5, 0.6) is 0 Å². The Morgan fingerprint density at radius 3 is 2.92 bits per heavy atom. The smallest absolute Gasteiger partial charge is 0.264 e. The van der Waals surface area contributed by atoms with Crippen LogP contribution in [0, 0.1) is 0 Å². The highest BCUT2D eigenvalue weighted by molar-refractivity contribution is 7.16. The van der Waals surface area contributed by atoms with Gasteiger partial charge in [-0.3, -0.25) is 14.9 Å². The molecule has 0 atom stereocenters. The third-order valence-electron chi connectivity index (χ3n) is 3.75. The van der Waals surface area contributed by atoms with Gasteiger partial charge in [0.2, 0.25) is 0 Å². The molecular formula is C16H13N3O2S3. The maximum atomic E-state index is 12.5. The Balaban J connectivity index is 1.48. The van der Waals surface area contributed by atoms with Gasteiger partial charge in [0.1, 0.15) is 0 Å². The van der Waals surface area contributed by atoms with Crippen molar-refractivity contribution in [2.24, 2.45) is 0 Å². The van der Waals surface area contributed by atoms with Crippen LogP contribution in [0.2, 0.25) is 0 Å². The molecule has 8 heteroatoms. The second-order valence-electron chi connectivity index (χ2n) is 5.31. The molecule has 4 rings (SSSR count). The number of nitrogens with one attached hydrogen (secondary N) is 1. The van der Waals surface area contributed by atoms with Crippen molar-refractivity contribution in [3.63, 3.8) is 0 Å². The second kappa shape index (κ2) is 6.46. The number of amides is 2. The van der Waals surface area contributed by atoms with Gasteiger partial charge in [-0.2, -0.15) is 11.3 Å². The molecule has 0 aliphatic carbocycles. The third-order valence-corrected chi connectivity index (χ3v) is 6.29. The summed E-state index contributed by atoms with van der Waals surface area (Å²) in [7, 11) is 0. The van der Waals surface area contributed by atoms with Gasteiger partial charge in [0.15, 0.2) is 5.13 Å². The van der Waals surface area contributed by atoms with Crippen molar-refractivity contribution in [2.45, 2.75) is 13.0 Å². The number of nitrogens with zero attached hydrogens (tertiary/aromatic N) is 2. The number of rotatable bonds is 3. The molecule has 1 aliphatic heterocycles. The van der Waals surface area contributed by atoms with E-state index in [1.54, 1.807) is 6.07 Å². The Bertz CT molecular complexity index is 869. The number of thiophene rings is 2. The molecule has 1 N–H and O–H groups in total. The zero-order valence-corrected chi connectivity index (χ0v) is 15.0. The lowest BCUT2D eigenvalue weighted by atomic mass is 10.2. The standard InChI is InChI=1S/C16H13N3O2S3/c20-14(10-4-7-22-9-10)18-16-17-11-3-5-19(8-13(11)24-16)15(21)12-2-1-6-23-12/h1-2,4,6-7,9H,3,5,8H2,(H,17,18,20). The van der Waals surface area contributed by atoms with Crippen LogP contribution in [0.3, 0.4) is 0 Å². The number of anilines is 1. The van der Waals surface area contributed by atoms with Gasteiger partial charge in [0.05, 0.1) is 22.7 Å². The Labute approximate surface area is 150 Å². The SMILES string of the molecule is O=C(Nc1nc2c(s1)CN(C(=O)c1cccs1)CC2)c1ccsc1. The minimum atomic E-state index is -0.145. The van der Waals surface area contributed by atoms with E-state index in [4.69, 9.17) is 0 Å². The monoisotopic (exact) mass is 375 g/mol. The summed E-state index contributed by atoms with van der Waals surface area (Å²) in [5.41, 5.74) is 1.62. The highest BCUT2D eigenvalue weighted by Gasteiger charge is 2.25. The van der Waals surface area contributed by atoms with Gasteiger partial charge in [0.25, 0.3) is 11.8 Å². The van der Waals surface area contributed by atoms with Crippen LogP contribution < -0.4 is 5.32 Å². The molecule has 3 aromatic rings. The fourth-order valence-electron chi connectivity index (χ4n) is 2.54. The summed E-state index contributed by atoms with van der Waals surface area (Å²) in [6, 6.07) is 5.52. The maximum absolute atomic E-state index is 12.5. The Kier molecular flexibility index (Phi) is 4.17. The zero-order chi connectivity index (χ0) is 16.5. The zero-order valence-electron chi connectivity index (χ0n) is 12.5. The molecule has 5 nitrogen and oxygen atoms in total. The second-order valence-corrected chi connectivity index (χ2v) is 8.12. The molecule has 0 radical (unpaired) electrons. The molecule has 0 spiro atoms. The predicted octanol–water partition coefficient (Wildman–Crippen LogP) is 3.72. The van der Waals surface area contributed by atoms with Crippen molar-refractivity contribution in [3.8, 4) is 0 Å². The largest absolute Gasteiger partial charge is 0.332 e. The van der Waals surface area contributed by atoms with Crippen LogP contribution in [0.4, 0.5) is 5.13 Å². The van der Waals surface area contributed by atoms with Gasteiger partial charge >= 0.3 is 0 Å². The summed E-state index contributed by atoms with van der Waals surface area (Å²) in [6.07, 6.45) is 0.720. The summed E-state index contributed by atoms with van der Waals surface area (Å²) in [4.78, 5) is 32.7. The molecule has 0 saturated heterocycles. The maximum Gasteiger partial charge on any atom is 0.264 e. The van der Waals surface area contributed by atoms with E-state index >= 15 is 0 Å². The van der Waals surface area contributed by atoms with E-state index in [0.29, 0.717) is 23.8 Å². The molecule has 24 heavy (non-hydrogen) atoms. The topological polar surface area (TPSA) is 62.3 Å². The number of carbonyl (C=O) groups excluding carboxylic acids is 2. The first kappa shape index (κ1) is 15.5. The van der Waals surface area contributed by atoms with Crippen molar-refractivity contribution in [1.29, 1.82) is 0 Å². The van der Waals surface area contributed by atoms with Gasteiger partial charge in [0, 0.05) is 23.2 Å². The first-order chi connectivity index (χ1) is 11.7. The summed E-state index contributed by atoms with van der Waals surface area (Å²) in [5, 5.41) is 9.04. The molecule has 0 aromatic carbocycles. The average molecular weight is 376 g/mol. The Morgan fingerprint density at radius 2 is 2.17 bits per heavy atom. The fraction of sp³-hybridized carbons (Fsp3) is 0.188. The fourth-order valence-corrected chi connectivity index (χ4v) is 4.89. The van der Waals surface area contributed by atoms with E-state index < -0.39 is 0 Å². The van der Waals surface area contributed by atoms with Gasteiger partial charge in [-0.1, -0.05) is 17.4 Å². The normalized spacial score (nSPS) is 13.6. The van der Waals surface area contributed by atoms with E-state index in [-0.39, 0.29) is 11.8 Å². The van der Waals surface area contributed by atoms with Crippen LogP contribution in [-0.2, 0) is 13.0 Å². The molecule has 0 unspecified atom stereocenters. The van der Waals surface area contributed by atoms with Crippen LogP contribution in [0.1, 0.15) is 30.6 Å². The van der Waals surface area contributed by atoms with Crippen molar-refractivity contribution in [1.82, 2.24) is 9.88 Å². The quantitative estimate of drug-likeness (QED) is 0.759. The van der Waals surface area contributed by atoms with Gasteiger partial charge in [-0.25, -0.2) is 4.98 Å². The number of hydrogen-bond acceptors (Lipinski definition) is 6. The minimum absolute atomic E-state index is 0.0629. The average Bonchev–Trinajstić information content (AvgIpc) is 3.32. The van der Waals surface area contributed by atoms with Crippen LogP contribution in [-0.4, -0.2) is 28.2 Å². The highest BCUT2D eigenvalue weighted by Crippen LogP contribution is 2.29. The molecule has 3 aromatic heterocycles. The lowest BCUT2D eigenvalue weighted by Crippen LogP contribution is -2.35. The summed E-state index contributed by atoms with van der Waals surface area (Å²) in [6.45, 7) is 1.21. The Morgan fingerprint density at radius 1 is 1.25 bits per heavy atom. The number of fused-ring (bicyclic) bond motifs is 1. The number of carbonyl (C=O) groups is 2. The van der Waals surface area contributed by atoms with E-state index in [2.05, 4.69) is 10.3 Å². The van der Waals surface area contributed by atoms with E-state index in [9.17, 15) is 9.59 Å². The van der Waals surface area contributed by atoms with Crippen molar-refractivity contribution >= 4 is 51.0 Å². The molecule has 4 heterocycles. The van der Waals surface area contributed by atoms with E-state index in [1.165, 1.54) is 34.0 Å². The van der Waals surface area contributed by atoms with E-state index in [0.717, 1.165) is 21.9 Å². The summed E-state index contributed by atoms with van der Waals surface area (Å²) in [5.74, 6) is -0.0817. The summed E-state index contributed by atoms with van der Waals surface area (Å²) < 4.78 is 0. The van der Waals surface area contributed by atoms with Crippen LogP contribution in [0.15, 0.2) is 34.3 Å². The van der Waals surface area contributed by atoms with Gasteiger partial charge in [-0.05, 0) is 22.9 Å². The lowest BCUT2D eigenvalue weighted by molar-refractivity contribution is 0.0741. The van der Waals surface area contributed by atoms with E-state index in [1.807, 2.05) is 33.2 Å². The minimum Gasteiger partial charge on any atom is -0.332 e. The Hall–Kier alpha value is -2.03. The van der Waals surface area contributed by atoms with Crippen molar-refractivity contribution in [2.75, 3.05) is 11.9 Å².